The van der Waals surface area contributed by atoms with Crippen LogP contribution in [0.1, 0.15) is 19.3 Å². The molecule has 0 spiro atoms. The average Bonchev–Trinajstić information content (AvgIpc) is 2.43. The monoisotopic (exact) mass is 440 g/mol. The minimum Gasteiger partial charge on any atom is -0.434 e. The highest BCUT2D eigenvalue weighted by Crippen LogP contribution is 2.34. The Bertz CT molecular complexity index is 585. The van der Waals surface area contributed by atoms with Crippen LogP contribution in [0.25, 0.3) is 0 Å². The fraction of sp³-hybridized carbons (Fsp3) is 0.385. The molecule has 0 aromatic heterocycles. The number of ether oxygens (including phenoxy) is 2. The van der Waals surface area contributed by atoms with Gasteiger partial charge in [0.25, 0.3) is 0 Å². The Balaban J connectivity index is 2.33. The van der Waals surface area contributed by atoms with Crippen LogP contribution in [0.4, 0.5) is 4.79 Å². The van der Waals surface area contributed by atoms with E-state index < -0.39 is 15.7 Å². The summed E-state index contributed by atoms with van der Waals surface area (Å²) in [5.74, 6) is -0.495. The number of hydrogen-bond donors (Lipinski definition) is 0. The zero-order valence-electron chi connectivity index (χ0n) is 11.4. The number of halogens is 6. The van der Waals surface area contributed by atoms with Gasteiger partial charge in [0, 0.05) is 12.5 Å². The topological polar surface area (TPSA) is 52.6 Å². The zero-order chi connectivity index (χ0) is 17.6. The molecule has 0 aliphatic rings. The van der Waals surface area contributed by atoms with Gasteiger partial charge in [0.2, 0.25) is 3.79 Å². The number of carbonyl (C=O) groups is 2. The molecule has 0 bridgehead atoms. The molecule has 1 rings (SSSR count). The smallest absolute Gasteiger partial charge is 0.434 e. The van der Waals surface area contributed by atoms with Gasteiger partial charge in [-0.3, -0.25) is 4.79 Å². The number of unbranched alkanes of at least 4 members (excludes halogenated alkanes) is 1. The highest BCUT2D eigenvalue weighted by atomic mass is 35.6. The second kappa shape index (κ2) is 9.40. The van der Waals surface area contributed by atoms with E-state index in [1.165, 1.54) is 12.1 Å². The lowest BCUT2D eigenvalue weighted by Crippen LogP contribution is -2.18. The maximum Gasteiger partial charge on any atom is 0.513 e. The number of Topliss-reactive ketones (excluding diaryl/α,β-unsaturated/α-hetero) is 1. The number of alkyl halides is 3. The van der Waals surface area contributed by atoms with Gasteiger partial charge in [-0.2, -0.15) is 0 Å². The van der Waals surface area contributed by atoms with E-state index in [1.807, 2.05) is 0 Å². The zero-order valence-corrected chi connectivity index (χ0v) is 15.9. The molecule has 0 saturated carbocycles. The second-order valence-electron chi connectivity index (χ2n) is 4.28. The fourth-order valence-corrected chi connectivity index (χ4v) is 2.25. The molecule has 0 N–H and O–H groups in total. The number of benzene rings is 1. The Hall–Kier alpha value is -0.100. The molecule has 0 amide bonds. The van der Waals surface area contributed by atoms with Crippen LogP contribution in [0.5, 0.6) is 5.75 Å². The van der Waals surface area contributed by atoms with Gasteiger partial charge in [-0.1, -0.05) is 69.6 Å². The van der Waals surface area contributed by atoms with Crippen molar-refractivity contribution in [1.29, 1.82) is 0 Å². The third-order valence-electron chi connectivity index (χ3n) is 2.50. The van der Waals surface area contributed by atoms with Crippen molar-refractivity contribution in [3.63, 3.8) is 0 Å². The van der Waals surface area contributed by atoms with E-state index in [0.29, 0.717) is 12.8 Å². The minimum absolute atomic E-state index is 0.0254. The first-order valence-electron chi connectivity index (χ1n) is 6.20. The lowest BCUT2D eigenvalue weighted by Gasteiger charge is -2.10. The maximum absolute atomic E-state index is 11.5. The first-order valence-corrected chi connectivity index (χ1v) is 8.47. The molecule has 10 heteroatoms. The summed E-state index contributed by atoms with van der Waals surface area (Å²) in [4.78, 5) is 22.8. The van der Waals surface area contributed by atoms with E-state index in [-0.39, 0.29) is 33.8 Å². The Morgan fingerprint density at radius 3 is 2.17 bits per heavy atom. The van der Waals surface area contributed by atoms with E-state index in [9.17, 15) is 9.59 Å². The molecule has 0 saturated heterocycles. The standard InChI is InChI=1S/C13H10Cl6O4/c14-7-5-9(16)10(6-8(7)15)23-12(21)22-4-2-1-3-11(20)13(17,18)19/h5-6H,1-4H2. The van der Waals surface area contributed by atoms with Crippen LogP contribution < -0.4 is 4.74 Å². The van der Waals surface area contributed by atoms with Gasteiger partial charge in [0.15, 0.2) is 11.5 Å². The third kappa shape index (κ3) is 7.55. The van der Waals surface area contributed by atoms with Crippen LogP contribution in [0, 0.1) is 0 Å². The molecule has 0 heterocycles. The average molecular weight is 443 g/mol. The Kier molecular flexibility index (Phi) is 8.56. The van der Waals surface area contributed by atoms with E-state index >= 15 is 0 Å². The largest absolute Gasteiger partial charge is 0.513 e. The lowest BCUT2D eigenvalue weighted by molar-refractivity contribution is -0.118. The first-order chi connectivity index (χ1) is 10.6. The van der Waals surface area contributed by atoms with Gasteiger partial charge in [-0.05, 0) is 18.9 Å². The number of ketones is 1. The molecule has 128 valence electrons. The number of carbonyl (C=O) groups excluding carboxylic acids is 2. The third-order valence-corrected chi connectivity index (χ3v) is 4.15. The van der Waals surface area contributed by atoms with Crippen LogP contribution in [0.15, 0.2) is 12.1 Å². The van der Waals surface area contributed by atoms with Crippen molar-refractivity contribution in [1.82, 2.24) is 0 Å². The second-order valence-corrected chi connectivity index (χ2v) is 7.78. The van der Waals surface area contributed by atoms with Gasteiger partial charge in [-0.25, -0.2) is 4.79 Å². The SMILES string of the molecule is O=C(OCCCCC(=O)C(Cl)(Cl)Cl)Oc1cc(Cl)c(Cl)cc1Cl. The van der Waals surface area contributed by atoms with Crippen molar-refractivity contribution in [2.24, 2.45) is 0 Å². The van der Waals surface area contributed by atoms with Crippen LogP contribution in [-0.4, -0.2) is 22.3 Å². The Labute approximate surface area is 162 Å². The van der Waals surface area contributed by atoms with E-state index in [1.54, 1.807) is 0 Å². The van der Waals surface area contributed by atoms with Crippen LogP contribution in [-0.2, 0) is 9.53 Å². The van der Waals surface area contributed by atoms with Gasteiger partial charge < -0.3 is 9.47 Å². The van der Waals surface area contributed by atoms with E-state index in [4.69, 9.17) is 79.1 Å². The molecule has 0 fully saturated rings. The van der Waals surface area contributed by atoms with Crippen LogP contribution in [0.2, 0.25) is 15.1 Å². The Morgan fingerprint density at radius 2 is 1.57 bits per heavy atom. The van der Waals surface area contributed by atoms with Gasteiger partial charge in [0.1, 0.15) is 0 Å². The summed E-state index contributed by atoms with van der Waals surface area (Å²) in [5.41, 5.74) is 0. The molecular weight excluding hydrogens is 433 g/mol. The molecule has 0 aliphatic carbocycles. The summed E-state index contributed by atoms with van der Waals surface area (Å²) < 4.78 is 7.80. The molecule has 0 radical (unpaired) electrons. The molecule has 0 unspecified atom stereocenters. The van der Waals surface area contributed by atoms with Gasteiger partial charge in [0.05, 0.1) is 21.7 Å². The van der Waals surface area contributed by atoms with E-state index in [0.717, 1.165) is 0 Å². The quantitative estimate of drug-likeness (QED) is 0.171. The van der Waals surface area contributed by atoms with Crippen molar-refractivity contribution in [2.45, 2.75) is 23.1 Å². The summed E-state index contributed by atoms with van der Waals surface area (Å²) in [7, 11) is 0. The molecule has 4 nitrogen and oxygen atoms in total. The molecule has 23 heavy (non-hydrogen) atoms. The molecular formula is C13H10Cl6O4. The molecule has 0 aliphatic heterocycles. The minimum atomic E-state index is -1.93. The van der Waals surface area contributed by atoms with E-state index in [2.05, 4.69) is 0 Å². The van der Waals surface area contributed by atoms with Crippen LogP contribution in [0.3, 0.4) is 0 Å². The summed E-state index contributed by atoms with van der Waals surface area (Å²) in [6.45, 7) is 0.0327. The van der Waals surface area contributed by atoms with Crippen molar-refractivity contribution in [2.75, 3.05) is 6.61 Å². The summed E-state index contributed by atoms with van der Waals surface area (Å²) in [5, 5.41) is 0.532. The summed E-state index contributed by atoms with van der Waals surface area (Å²) in [6.07, 6.45) is -0.101. The predicted octanol–water partition coefficient (Wildman–Crippen LogP) is 6.27. The maximum atomic E-state index is 11.5. The van der Waals surface area contributed by atoms with Crippen molar-refractivity contribution in [3.05, 3.63) is 27.2 Å². The molecule has 1 aromatic rings. The van der Waals surface area contributed by atoms with Crippen molar-refractivity contribution in [3.8, 4) is 5.75 Å². The number of hydrogen-bond acceptors (Lipinski definition) is 4. The molecule has 0 atom stereocenters. The predicted molar refractivity (Wildman–Crippen MR) is 92.6 cm³/mol. The fourth-order valence-electron chi connectivity index (χ4n) is 1.39. The lowest BCUT2D eigenvalue weighted by atomic mass is 10.2. The first kappa shape index (κ1) is 20.9. The van der Waals surface area contributed by atoms with Crippen molar-refractivity contribution < 1.29 is 19.1 Å². The van der Waals surface area contributed by atoms with Gasteiger partial charge >= 0.3 is 6.16 Å². The Morgan fingerprint density at radius 1 is 0.957 bits per heavy atom. The molecule has 1 aromatic carbocycles. The summed E-state index contributed by atoms with van der Waals surface area (Å²) in [6, 6.07) is 2.64. The van der Waals surface area contributed by atoms with Crippen molar-refractivity contribution >= 4 is 81.5 Å². The van der Waals surface area contributed by atoms with Crippen LogP contribution >= 0.6 is 69.6 Å². The summed E-state index contributed by atoms with van der Waals surface area (Å²) >= 11 is 33.7. The normalized spacial score (nSPS) is 11.2. The van der Waals surface area contributed by atoms with Gasteiger partial charge in [-0.15, -0.1) is 0 Å². The number of rotatable bonds is 6. The highest BCUT2D eigenvalue weighted by Gasteiger charge is 2.29. The highest BCUT2D eigenvalue weighted by molar-refractivity contribution is 6.76.